The van der Waals surface area contributed by atoms with Gasteiger partial charge in [0.05, 0.1) is 0 Å². The molecule has 0 heterocycles. The molecule has 1 aliphatic carbocycles. The quantitative estimate of drug-likeness (QED) is 0.680. The van der Waals surface area contributed by atoms with Crippen molar-refractivity contribution in [1.29, 1.82) is 0 Å². The minimum absolute atomic E-state index is 0.109. The SMILES string of the molecule is O=C1/C(=C/c2cc(F)cc(F)c2)Cc2c(F)ccc(Br)c21. The van der Waals surface area contributed by atoms with Gasteiger partial charge in [-0.25, -0.2) is 13.2 Å². The van der Waals surface area contributed by atoms with Crippen LogP contribution in [-0.4, -0.2) is 5.78 Å². The van der Waals surface area contributed by atoms with Crippen molar-refractivity contribution in [2.45, 2.75) is 6.42 Å². The molecule has 0 bridgehead atoms. The van der Waals surface area contributed by atoms with E-state index in [1.54, 1.807) is 0 Å². The van der Waals surface area contributed by atoms with Crippen molar-refractivity contribution in [2.75, 3.05) is 0 Å². The number of ketones is 1. The molecule has 0 fully saturated rings. The predicted molar refractivity (Wildman–Crippen MR) is 76.5 cm³/mol. The fraction of sp³-hybridized carbons (Fsp3) is 0.0625. The van der Waals surface area contributed by atoms with Crippen LogP contribution in [0, 0.1) is 17.5 Å². The zero-order chi connectivity index (χ0) is 15.1. The van der Waals surface area contributed by atoms with Crippen LogP contribution in [0.15, 0.2) is 40.4 Å². The maximum absolute atomic E-state index is 13.8. The lowest BCUT2D eigenvalue weighted by Gasteiger charge is -2.00. The maximum atomic E-state index is 13.8. The summed E-state index contributed by atoms with van der Waals surface area (Å²) < 4.78 is 40.6. The number of allylic oxidation sites excluding steroid dienone is 1. The molecule has 0 radical (unpaired) electrons. The smallest absolute Gasteiger partial charge is 0.190 e. The highest BCUT2D eigenvalue weighted by atomic mass is 79.9. The number of carbonyl (C=O) groups excluding carboxylic acids is 1. The van der Waals surface area contributed by atoms with Crippen LogP contribution in [0.2, 0.25) is 0 Å². The number of fused-ring (bicyclic) bond motifs is 1. The lowest BCUT2D eigenvalue weighted by molar-refractivity contribution is 0.103. The molecule has 0 spiro atoms. The Labute approximate surface area is 127 Å². The Kier molecular flexibility index (Phi) is 3.45. The van der Waals surface area contributed by atoms with Gasteiger partial charge in [-0.05, 0) is 35.9 Å². The van der Waals surface area contributed by atoms with Gasteiger partial charge >= 0.3 is 0 Å². The van der Waals surface area contributed by atoms with Crippen molar-refractivity contribution >= 4 is 27.8 Å². The summed E-state index contributed by atoms with van der Waals surface area (Å²) in [5.41, 5.74) is 1.12. The van der Waals surface area contributed by atoms with Crippen molar-refractivity contribution in [3.8, 4) is 0 Å². The Hall–Kier alpha value is -1.88. The lowest BCUT2D eigenvalue weighted by Crippen LogP contribution is -1.97. The number of halogens is 4. The summed E-state index contributed by atoms with van der Waals surface area (Å²) in [6, 6.07) is 5.75. The molecular weight excluding hydrogens is 345 g/mol. The number of carbonyl (C=O) groups is 1. The third-order valence-electron chi connectivity index (χ3n) is 3.32. The van der Waals surface area contributed by atoms with Crippen molar-refractivity contribution in [3.63, 3.8) is 0 Å². The van der Waals surface area contributed by atoms with Crippen molar-refractivity contribution < 1.29 is 18.0 Å². The Morgan fingerprint density at radius 1 is 1.05 bits per heavy atom. The molecule has 106 valence electrons. The zero-order valence-corrected chi connectivity index (χ0v) is 12.2. The molecule has 0 saturated carbocycles. The van der Waals surface area contributed by atoms with Crippen LogP contribution < -0.4 is 0 Å². The van der Waals surface area contributed by atoms with Gasteiger partial charge in [-0.1, -0.05) is 15.9 Å². The average Bonchev–Trinajstić information content (AvgIpc) is 2.72. The lowest BCUT2D eigenvalue weighted by atomic mass is 10.1. The van der Waals surface area contributed by atoms with E-state index in [0.29, 0.717) is 15.6 Å². The van der Waals surface area contributed by atoms with E-state index in [1.807, 2.05) is 0 Å². The van der Waals surface area contributed by atoms with E-state index in [1.165, 1.54) is 18.2 Å². The molecule has 2 aromatic rings. The zero-order valence-electron chi connectivity index (χ0n) is 10.6. The molecule has 0 amide bonds. The normalized spacial score (nSPS) is 15.6. The van der Waals surface area contributed by atoms with E-state index in [0.717, 1.165) is 18.2 Å². The first kappa shape index (κ1) is 14.1. The van der Waals surface area contributed by atoms with E-state index < -0.39 is 17.5 Å². The molecule has 1 nitrogen and oxygen atoms in total. The summed E-state index contributed by atoms with van der Waals surface area (Å²) >= 11 is 3.22. The van der Waals surface area contributed by atoms with Gasteiger partial charge in [-0.2, -0.15) is 0 Å². The first-order chi connectivity index (χ1) is 9.95. The molecule has 3 rings (SSSR count). The Bertz CT molecular complexity index is 776. The maximum Gasteiger partial charge on any atom is 0.190 e. The minimum atomic E-state index is -0.725. The first-order valence-electron chi connectivity index (χ1n) is 6.14. The fourth-order valence-electron chi connectivity index (χ4n) is 2.42. The summed E-state index contributed by atoms with van der Waals surface area (Å²) in [7, 11) is 0. The van der Waals surface area contributed by atoms with Crippen LogP contribution in [0.3, 0.4) is 0 Å². The van der Waals surface area contributed by atoms with Gasteiger partial charge in [0.15, 0.2) is 5.78 Å². The van der Waals surface area contributed by atoms with Gasteiger partial charge < -0.3 is 0 Å². The van der Waals surface area contributed by atoms with Crippen molar-refractivity contribution in [2.24, 2.45) is 0 Å². The van der Waals surface area contributed by atoms with Crippen LogP contribution >= 0.6 is 15.9 Å². The Balaban J connectivity index is 2.07. The number of hydrogen-bond acceptors (Lipinski definition) is 1. The predicted octanol–water partition coefficient (Wildman–Crippen LogP) is 4.69. The molecule has 5 heteroatoms. The third-order valence-corrected chi connectivity index (χ3v) is 3.98. The molecule has 0 aromatic heterocycles. The van der Waals surface area contributed by atoms with Crippen LogP contribution in [-0.2, 0) is 6.42 Å². The van der Waals surface area contributed by atoms with E-state index in [2.05, 4.69) is 15.9 Å². The molecule has 0 atom stereocenters. The summed E-state index contributed by atoms with van der Waals surface area (Å²) in [6.07, 6.45) is 1.50. The second-order valence-corrected chi connectivity index (χ2v) is 5.62. The van der Waals surface area contributed by atoms with E-state index >= 15 is 0 Å². The molecule has 1 aliphatic rings. The molecule has 21 heavy (non-hydrogen) atoms. The van der Waals surface area contributed by atoms with Crippen molar-refractivity contribution in [1.82, 2.24) is 0 Å². The molecule has 2 aromatic carbocycles. The van der Waals surface area contributed by atoms with Gasteiger partial charge in [0.2, 0.25) is 0 Å². The molecular formula is C16H8BrF3O. The van der Waals surface area contributed by atoms with Crippen LogP contribution in [0.5, 0.6) is 0 Å². The van der Waals surface area contributed by atoms with Gasteiger partial charge in [-0.15, -0.1) is 0 Å². The van der Waals surface area contributed by atoms with Crippen LogP contribution in [0.4, 0.5) is 13.2 Å². The van der Waals surface area contributed by atoms with Crippen molar-refractivity contribution in [3.05, 3.63) is 74.5 Å². The second kappa shape index (κ2) is 5.15. The second-order valence-electron chi connectivity index (χ2n) is 4.76. The number of hydrogen-bond donors (Lipinski definition) is 0. The summed E-state index contributed by atoms with van der Waals surface area (Å²) in [5.74, 6) is -2.24. The van der Waals surface area contributed by atoms with Crippen LogP contribution in [0.1, 0.15) is 21.5 Å². The topological polar surface area (TPSA) is 17.1 Å². The van der Waals surface area contributed by atoms with E-state index in [-0.39, 0.29) is 23.3 Å². The highest BCUT2D eigenvalue weighted by molar-refractivity contribution is 9.10. The largest absolute Gasteiger partial charge is 0.289 e. The first-order valence-corrected chi connectivity index (χ1v) is 6.93. The van der Waals surface area contributed by atoms with E-state index in [4.69, 9.17) is 0 Å². The van der Waals surface area contributed by atoms with E-state index in [9.17, 15) is 18.0 Å². The molecule has 0 saturated heterocycles. The van der Waals surface area contributed by atoms with Gasteiger partial charge in [0.25, 0.3) is 0 Å². The van der Waals surface area contributed by atoms with Gasteiger partial charge in [-0.3, -0.25) is 4.79 Å². The standard InChI is InChI=1S/C16H8BrF3O/c17-13-1-2-14(20)12-6-9(16(21)15(12)13)3-8-4-10(18)7-11(19)5-8/h1-5,7H,6H2/b9-3+. The third kappa shape index (κ3) is 2.53. The Morgan fingerprint density at radius 2 is 1.71 bits per heavy atom. The van der Waals surface area contributed by atoms with Crippen LogP contribution in [0.25, 0.3) is 6.08 Å². The number of Topliss-reactive ketones (excluding diaryl/α,β-unsaturated/α-hetero) is 1. The molecule has 0 N–H and O–H groups in total. The average molecular weight is 353 g/mol. The van der Waals surface area contributed by atoms with Gasteiger partial charge in [0, 0.05) is 33.7 Å². The number of rotatable bonds is 1. The molecule has 0 unspecified atom stereocenters. The Morgan fingerprint density at radius 3 is 2.33 bits per heavy atom. The number of benzene rings is 2. The highest BCUT2D eigenvalue weighted by Gasteiger charge is 2.29. The summed E-state index contributed by atoms with van der Waals surface area (Å²) in [5, 5.41) is 0. The van der Waals surface area contributed by atoms with Gasteiger partial charge in [0.1, 0.15) is 17.5 Å². The fourth-order valence-corrected chi connectivity index (χ4v) is 2.97. The highest BCUT2D eigenvalue weighted by Crippen LogP contribution is 2.34. The molecule has 0 aliphatic heterocycles. The summed E-state index contributed by atoms with van der Waals surface area (Å²) in [4.78, 5) is 12.3. The minimum Gasteiger partial charge on any atom is -0.289 e. The monoisotopic (exact) mass is 352 g/mol. The summed E-state index contributed by atoms with van der Waals surface area (Å²) in [6.45, 7) is 0.